The van der Waals surface area contributed by atoms with Crippen LogP contribution in [-0.2, 0) is 6.54 Å². The van der Waals surface area contributed by atoms with Gasteiger partial charge in [0.15, 0.2) is 0 Å². The van der Waals surface area contributed by atoms with E-state index in [1.807, 2.05) is 12.2 Å². The third-order valence-electron chi connectivity index (χ3n) is 3.18. The minimum absolute atomic E-state index is 0.145. The van der Waals surface area contributed by atoms with Gasteiger partial charge >= 0.3 is 0 Å². The molecule has 0 spiro atoms. The monoisotopic (exact) mass is 302 g/mol. The molecule has 3 nitrogen and oxygen atoms in total. The van der Waals surface area contributed by atoms with Crippen LogP contribution in [0.3, 0.4) is 0 Å². The Labute approximate surface area is 135 Å². The van der Waals surface area contributed by atoms with Crippen molar-refractivity contribution in [2.75, 3.05) is 24.5 Å². The Bertz CT molecular complexity index is 459. The molecule has 22 heavy (non-hydrogen) atoms. The Morgan fingerprint density at radius 2 is 1.91 bits per heavy atom. The third-order valence-corrected chi connectivity index (χ3v) is 3.18. The standard InChI is InChI=1S/C19H30N2O/c1-6-11-20-15-17-9-10-18(19(14-17)22-16(4)5)21(12-7-2)13-8-3/h7-10,14,16,20H,2-3,6,11-13,15H2,1,4-5H3. The largest absolute Gasteiger partial charge is 0.489 e. The molecule has 0 aliphatic heterocycles. The van der Waals surface area contributed by atoms with E-state index in [2.05, 4.69) is 62.3 Å². The van der Waals surface area contributed by atoms with Crippen LogP contribution in [0.25, 0.3) is 0 Å². The Balaban J connectivity index is 3.02. The summed E-state index contributed by atoms with van der Waals surface area (Å²) < 4.78 is 6.03. The molecule has 3 heteroatoms. The summed E-state index contributed by atoms with van der Waals surface area (Å²) in [6.07, 6.45) is 5.09. The van der Waals surface area contributed by atoms with E-state index in [-0.39, 0.29) is 6.10 Å². The Kier molecular flexibility index (Phi) is 8.38. The van der Waals surface area contributed by atoms with Crippen molar-refractivity contribution in [2.24, 2.45) is 0 Å². The lowest BCUT2D eigenvalue weighted by Gasteiger charge is -2.26. The van der Waals surface area contributed by atoms with Crippen LogP contribution in [0.4, 0.5) is 5.69 Å². The number of hydrogen-bond donors (Lipinski definition) is 1. The summed E-state index contributed by atoms with van der Waals surface area (Å²) in [6.45, 7) is 17.4. The summed E-state index contributed by atoms with van der Waals surface area (Å²) in [6, 6.07) is 6.43. The zero-order valence-electron chi connectivity index (χ0n) is 14.3. The topological polar surface area (TPSA) is 24.5 Å². The molecule has 0 aliphatic carbocycles. The van der Waals surface area contributed by atoms with Crippen molar-refractivity contribution in [2.45, 2.75) is 39.8 Å². The number of nitrogens with one attached hydrogen (secondary N) is 1. The van der Waals surface area contributed by atoms with Gasteiger partial charge in [-0.3, -0.25) is 0 Å². The molecular formula is C19H30N2O. The van der Waals surface area contributed by atoms with Gasteiger partial charge in [0.1, 0.15) is 5.75 Å². The second-order valence-corrected chi connectivity index (χ2v) is 5.63. The van der Waals surface area contributed by atoms with E-state index >= 15 is 0 Å². The number of hydrogen-bond acceptors (Lipinski definition) is 3. The van der Waals surface area contributed by atoms with Crippen LogP contribution in [0.15, 0.2) is 43.5 Å². The van der Waals surface area contributed by atoms with Crippen molar-refractivity contribution < 1.29 is 4.74 Å². The molecule has 0 amide bonds. The number of benzene rings is 1. The van der Waals surface area contributed by atoms with Crippen molar-refractivity contribution >= 4 is 5.69 Å². The molecule has 0 atom stereocenters. The van der Waals surface area contributed by atoms with Gasteiger partial charge in [0, 0.05) is 19.6 Å². The van der Waals surface area contributed by atoms with Gasteiger partial charge in [-0.2, -0.15) is 0 Å². The molecule has 0 unspecified atom stereocenters. The van der Waals surface area contributed by atoms with Crippen molar-refractivity contribution in [1.29, 1.82) is 0 Å². The molecule has 0 aliphatic rings. The quantitative estimate of drug-likeness (QED) is 0.491. The van der Waals surface area contributed by atoms with Gasteiger partial charge in [0.05, 0.1) is 11.8 Å². The maximum absolute atomic E-state index is 6.03. The first-order valence-electron chi connectivity index (χ1n) is 8.09. The van der Waals surface area contributed by atoms with Crippen molar-refractivity contribution in [3.05, 3.63) is 49.1 Å². The van der Waals surface area contributed by atoms with Crippen LogP contribution in [0.1, 0.15) is 32.8 Å². The van der Waals surface area contributed by atoms with Gasteiger partial charge in [0.25, 0.3) is 0 Å². The minimum atomic E-state index is 0.145. The number of rotatable bonds is 11. The van der Waals surface area contributed by atoms with Crippen molar-refractivity contribution in [3.63, 3.8) is 0 Å². The number of anilines is 1. The van der Waals surface area contributed by atoms with Crippen LogP contribution in [0, 0.1) is 0 Å². The van der Waals surface area contributed by atoms with Crippen LogP contribution < -0.4 is 15.0 Å². The van der Waals surface area contributed by atoms with Crippen LogP contribution in [-0.4, -0.2) is 25.7 Å². The highest BCUT2D eigenvalue weighted by atomic mass is 16.5. The van der Waals surface area contributed by atoms with Gasteiger partial charge in [-0.05, 0) is 44.5 Å². The molecule has 1 rings (SSSR count). The lowest BCUT2D eigenvalue weighted by molar-refractivity contribution is 0.242. The van der Waals surface area contributed by atoms with E-state index in [0.717, 1.165) is 44.0 Å². The number of nitrogens with zero attached hydrogens (tertiary/aromatic N) is 1. The van der Waals surface area contributed by atoms with E-state index in [4.69, 9.17) is 4.74 Å². The summed E-state index contributed by atoms with van der Waals surface area (Å²) in [5, 5.41) is 3.43. The molecule has 0 saturated heterocycles. The predicted molar refractivity (Wildman–Crippen MR) is 96.8 cm³/mol. The predicted octanol–water partition coefficient (Wildman–Crippen LogP) is 4.15. The average molecular weight is 302 g/mol. The Hall–Kier alpha value is -1.74. The molecule has 0 aromatic heterocycles. The molecule has 0 radical (unpaired) electrons. The summed E-state index contributed by atoms with van der Waals surface area (Å²) in [4.78, 5) is 2.21. The first kappa shape index (κ1) is 18.3. The molecule has 0 saturated carbocycles. The maximum atomic E-state index is 6.03. The van der Waals surface area contributed by atoms with Crippen LogP contribution in [0.2, 0.25) is 0 Å². The maximum Gasteiger partial charge on any atom is 0.143 e. The van der Waals surface area contributed by atoms with E-state index in [0.29, 0.717) is 0 Å². The molecule has 0 fully saturated rings. The fourth-order valence-corrected chi connectivity index (χ4v) is 2.27. The molecule has 1 aromatic rings. The smallest absolute Gasteiger partial charge is 0.143 e. The van der Waals surface area contributed by atoms with E-state index < -0.39 is 0 Å². The summed E-state index contributed by atoms with van der Waals surface area (Å²) in [7, 11) is 0. The van der Waals surface area contributed by atoms with Crippen molar-refractivity contribution in [3.8, 4) is 5.75 Å². The molecule has 122 valence electrons. The summed E-state index contributed by atoms with van der Waals surface area (Å²) >= 11 is 0. The first-order chi connectivity index (χ1) is 10.6. The highest BCUT2D eigenvalue weighted by Gasteiger charge is 2.12. The van der Waals surface area contributed by atoms with E-state index in [1.165, 1.54) is 5.56 Å². The zero-order valence-corrected chi connectivity index (χ0v) is 14.3. The lowest BCUT2D eigenvalue weighted by atomic mass is 10.1. The number of ether oxygens (including phenoxy) is 1. The van der Waals surface area contributed by atoms with Gasteiger partial charge in [-0.15, -0.1) is 13.2 Å². The molecule has 1 N–H and O–H groups in total. The van der Waals surface area contributed by atoms with Gasteiger partial charge in [-0.1, -0.05) is 25.1 Å². The van der Waals surface area contributed by atoms with E-state index in [9.17, 15) is 0 Å². The fourth-order valence-electron chi connectivity index (χ4n) is 2.27. The van der Waals surface area contributed by atoms with E-state index in [1.54, 1.807) is 0 Å². The highest BCUT2D eigenvalue weighted by molar-refractivity contribution is 5.60. The lowest BCUT2D eigenvalue weighted by Crippen LogP contribution is -2.24. The Morgan fingerprint density at radius 1 is 1.23 bits per heavy atom. The van der Waals surface area contributed by atoms with Crippen LogP contribution >= 0.6 is 0 Å². The fraction of sp³-hybridized carbons (Fsp3) is 0.474. The average Bonchev–Trinajstić information content (AvgIpc) is 2.47. The first-order valence-corrected chi connectivity index (χ1v) is 8.09. The van der Waals surface area contributed by atoms with Gasteiger partial charge in [-0.25, -0.2) is 0 Å². The Morgan fingerprint density at radius 3 is 2.45 bits per heavy atom. The molecular weight excluding hydrogens is 272 g/mol. The highest BCUT2D eigenvalue weighted by Crippen LogP contribution is 2.30. The normalized spacial score (nSPS) is 10.5. The van der Waals surface area contributed by atoms with Crippen LogP contribution in [0.5, 0.6) is 5.75 Å². The zero-order chi connectivity index (χ0) is 16.4. The summed E-state index contributed by atoms with van der Waals surface area (Å²) in [5.74, 6) is 0.925. The second-order valence-electron chi connectivity index (χ2n) is 5.63. The van der Waals surface area contributed by atoms with Crippen molar-refractivity contribution in [1.82, 2.24) is 5.32 Å². The molecule has 1 aromatic carbocycles. The second kappa shape index (κ2) is 10.1. The molecule has 0 bridgehead atoms. The van der Waals surface area contributed by atoms with Gasteiger partial charge < -0.3 is 15.0 Å². The SMILES string of the molecule is C=CCN(CC=C)c1ccc(CNCCC)cc1OC(C)C. The summed E-state index contributed by atoms with van der Waals surface area (Å²) in [5.41, 5.74) is 2.33. The van der Waals surface area contributed by atoms with Gasteiger partial charge in [0.2, 0.25) is 0 Å². The minimum Gasteiger partial charge on any atom is -0.489 e. The molecule has 0 heterocycles. The third kappa shape index (κ3) is 5.94.